The summed E-state index contributed by atoms with van der Waals surface area (Å²) >= 11 is 11.8. The Kier molecular flexibility index (Phi) is 5.22. The number of halogens is 2. The van der Waals surface area contributed by atoms with Crippen molar-refractivity contribution < 1.29 is 14.9 Å². The van der Waals surface area contributed by atoms with E-state index >= 15 is 0 Å². The van der Waals surface area contributed by atoms with Crippen molar-refractivity contribution in [3.63, 3.8) is 0 Å². The van der Waals surface area contributed by atoms with Crippen molar-refractivity contribution >= 4 is 23.2 Å². The second-order valence-corrected chi connectivity index (χ2v) is 5.15. The van der Waals surface area contributed by atoms with Gasteiger partial charge >= 0.3 is 0 Å². The molecule has 0 aliphatic heterocycles. The second kappa shape index (κ2) is 6.03. The maximum atomic E-state index is 9.52. The van der Waals surface area contributed by atoms with E-state index in [0.717, 1.165) is 5.56 Å². The summed E-state index contributed by atoms with van der Waals surface area (Å²) in [7, 11) is 0. The van der Waals surface area contributed by atoms with Gasteiger partial charge in [0.25, 0.3) is 0 Å². The molecule has 0 radical (unpaired) electrons. The molecule has 0 saturated heterocycles. The Labute approximate surface area is 111 Å². The van der Waals surface area contributed by atoms with Crippen LogP contribution in [0.5, 0.6) is 0 Å². The van der Waals surface area contributed by atoms with Gasteiger partial charge in [-0.2, -0.15) is 0 Å². The maximum absolute atomic E-state index is 9.52. The van der Waals surface area contributed by atoms with Crippen molar-refractivity contribution in [3.05, 3.63) is 33.8 Å². The fourth-order valence-electron chi connectivity index (χ4n) is 1.48. The molecular weight excluding hydrogens is 263 g/mol. The van der Waals surface area contributed by atoms with Gasteiger partial charge in [0, 0.05) is 16.5 Å². The lowest BCUT2D eigenvalue weighted by Crippen LogP contribution is -2.33. The molecular formula is C12H16Cl2O3. The molecule has 0 heterocycles. The average molecular weight is 279 g/mol. The minimum absolute atomic E-state index is 0.192. The number of rotatable bonds is 5. The number of hydrogen-bond acceptors (Lipinski definition) is 3. The largest absolute Gasteiger partial charge is 0.394 e. The van der Waals surface area contributed by atoms with E-state index in [1.54, 1.807) is 18.2 Å². The highest BCUT2D eigenvalue weighted by Crippen LogP contribution is 2.23. The van der Waals surface area contributed by atoms with E-state index in [-0.39, 0.29) is 6.61 Å². The first kappa shape index (κ1) is 14.7. The summed E-state index contributed by atoms with van der Waals surface area (Å²) in [6, 6.07) is 5.14. The Hall–Kier alpha value is -0.320. The summed E-state index contributed by atoms with van der Waals surface area (Å²) in [6.45, 7) is 2.83. The van der Waals surface area contributed by atoms with Gasteiger partial charge in [-0.1, -0.05) is 29.3 Å². The third-order valence-corrected chi connectivity index (χ3v) is 2.71. The first-order chi connectivity index (χ1) is 7.81. The molecule has 0 aromatic heterocycles. The number of ether oxygens (including phenoxy) is 1. The van der Waals surface area contributed by atoms with Crippen molar-refractivity contribution in [1.82, 2.24) is 0 Å². The van der Waals surface area contributed by atoms with Crippen molar-refractivity contribution in [2.24, 2.45) is 0 Å². The highest BCUT2D eigenvalue weighted by Gasteiger charge is 2.21. The van der Waals surface area contributed by atoms with Crippen molar-refractivity contribution in [1.29, 1.82) is 0 Å². The molecule has 0 bridgehead atoms. The molecule has 96 valence electrons. The molecule has 0 fully saturated rings. The van der Waals surface area contributed by atoms with Gasteiger partial charge in [0.1, 0.15) is 0 Å². The predicted octanol–water partition coefficient (Wildman–Crippen LogP) is 2.64. The zero-order valence-corrected chi connectivity index (χ0v) is 11.3. The number of hydrogen-bond donors (Lipinski definition) is 2. The summed E-state index contributed by atoms with van der Waals surface area (Å²) in [5.41, 5.74) is 0.819. The van der Waals surface area contributed by atoms with E-state index in [4.69, 9.17) is 27.9 Å². The summed E-state index contributed by atoms with van der Waals surface area (Å²) in [5.74, 6) is -1.29. The standard InChI is InChI=1S/C12H16Cl2O3/c1-12(2,16)17-10(7-15)5-8-3-4-9(13)6-11(8)14/h3-4,6,10,15-16H,5,7H2,1-2H3/t10-/m1/s1. The van der Waals surface area contributed by atoms with E-state index in [1.165, 1.54) is 13.8 Å². The molecule has 0 spiro atoms. The number of benzene rings is 1. The molecule has 3 nitrogen and oxygen atoms in total. The summed E-state index contributed by atoms with van der Waals surface area (Å²) < 4.78 is 5.29. The molecule has 1 aromatic carbocycles. The van der Waals surface area contributed by atoms with Crippen LogP contribution in [0.2, 0.25) is 10.0 Å². The van der Waals surface area contributed by atoms with Gasteiger partial charge in [-0.25, -0.2) is 0 Å². The van der Waals surface area contributed by atoms with Gasteiger partial charge in [-0.3, -0.25) is 0 Å². The molecule has 5 heteroatoms. The quantitative estimate of drug-likeness (QED) is 0.815. The molecule has 0 aliphatic carbocycles. The normalized spacial score (nSPS) is 13.8. The van der Waals surface area contributed by atoms with Gasteiger partial charge in [-0.15, -0.1) is 0 Å². The average Bonchev–Trinajstić information content (AvgIpc) is 2.19. The lowest BCUT2D eigenvalue weighted by molar-refractivity contribution is -0.211. The number of aliphatic hydroxyl groups is 2. The number of aliphatic hydroxyl groups excluding tert-OH is 1. The van der Waals surface area contributed by atoms with Crippen LogP contribution in [0.25, 0.3) is 0 Å². The zero-order valence-electron chi connectivity index (χ0n) is 9.78. The minimum Gasteiger partial charge on any atom is -0.394 e. The molecule has 1 atom stereocenters. The van der Waals surface area contributed by atoms with E-state index < -0.39 is 11.9 Å². The molecule has 0 amide bonds. The van der Waals surface area contributed by atoms with Crippen LogP contribution in [0.15, 0.2) is 18.2 Å². The fraction of sp³-hybridized carbons (Fsp3) is 0.500. The monoisotopic (exact) mass is 278 g/mol. The smallest absolute Gasteiger partial charge is 0.160 e. The summed E-state index contributed by atoms with van der Waals surface area (Å²) in [5, 5.41) is 19.8. The molecule has 2 N–H and O–H groups in total. The molecule has 0 unspecified atom stereocenters. The van der Waals surface area contributed by atoms with E-state index in [1.807, 2.05) is 0 Å². The Bertz CT molecular complexity index is 375. The Morgan fingerprint density at radius 3 is 2.47 bits per heavy atom. The highest BCUT2D eigenvalue weighted by atomic mass is 35.5. The van der Waals surface area contributed by atoms with E-state index in [0.29, 0.717) is 16.5 Å². The lowest BCUT2D eigenvalue weighted by atomic mass is 10.1. The van der Waals surface area contributed by atoms with Crippen molar-refractivity contribution in [2.45, 2.75) is 32.2 Å². The maximum Gasteiger partial charge on any atom is 0.160 e. The second-order valence-electron chi connectivity index (χ2n) is 4.31. The van der Waals surface area contributed by atoms with Crippen LogP contribution in [0, 0.1) is 0 Å². The third-order valence-electron chi connectivity index (χ3n) is 2.12. The van der Waals surface area contributed by atoms with E-state index in [2.05, 4.69) is 0 Å². The van der Waals surface area contributed by atoms with Gasteiger partial charge in [0.15, 0.2) is 5.79 Å². The Morgan fingerprint density at radius 2 is 2.00 bits per heavy atom. The molecule has 0 saturated carbocycles. The van der Waals surface area contributed by atoms with E-state index in [9.17, 15) is 10.2 Å². The van der Waals surface area contributed by atoms with Crippen molar-refractivity contribution in [3.8, 4) is 0 Å². The molecule has 1 aromatic rings. The van der Waals surface area contributed by atoms with Gasteiger partial charge in [0.2, 0.25) is 0 Å². The molecule has 1 rings (SSSR count). The summed E-state index contributed by atoms with van der Waals surface area (Å²) in [6.07, 6.45) is -0.0927. The Balaban J connectivity index is 2.74. The summed E-state index contributed by atoms with van der Waals surface area (Å²) in [4.78, 5) is 0. The van der Waals surface area contributed by atoms with Gasteiger partial charge < -0.3 is 14.9 Å². The molecule has 17 heavy (non-hydrogen) atoms. The van der Waals surface area contributed by atoms with Crippen LogP contribution in [0.3, 0.4) is 0 Å². The van der Waals surface area contributed by atoms with Crippen LogP contribution in [0.4, 0.5) is 0 Å². The van der Waals surface area contributed by atoms with Gasteiger partial charge in [0.05, 0.1) is 12.7 Å². The zero-order chi connectivity index (χ0) is 13.1. The minimum atomic E-state index is -1.29. The van der Waals surface area contributed by atoms with Crippen LogP contribution in [-0.2, 0) is 11.2 Å². The highest BCUT2D eigenvalue weighted by molar-refractivity contribution is 6.35. The SMILES string of the molecule is CC(C)(O)O[C@@H](CO)Cc1ccc(Cl)cc1Cl. The van der Waals surface area contributed by atoms with Crippen LogP contribution < -0.4 is 0 Å². The van der Waals surface area contributed by atoms with Crippen LogP contribution >= 0.6 is 23.2 Å². The van der Waals surface area contributed by atoms with Gasteiger partial charge in [-0.05, 0) is 31.5 Å². The first-order valence-electron chi connectivity index (χ1n) is 5.27. The molecule has 0 aliphatic rings. The first-order valence-corrected chi connectivity index (χ1v) is 6.02. The third kappa shape index (κ3) is 5.23. The topological polar surface area (TPSA) is 49.7 Å². The predicted molar refractivity (Wildman–Crippen MR) is 68.4 cm³/mol. The lowest BCUT2D eigenvalue weighted by Gasteiger charge is -2.25. The fourth-order valence-corrected chi connectivity index (χ4v) is 1.97. The van der Waals surface area contributed by atoms with Crippen LogP contribution in [0.1, 0.15) is 19.4 Å². The van der Waals surface area contributed by atoms with Crippen molar-refractivity contribution in [2.75, 3.05) is 6.61 Å². The Morgan fingerprint density at radius 1 is 1.35 bits per heavy atom. The van der Waals surface area contributed by atoms with Crippen LogP contribution in [-0.4, -0.2) is 28.7 Å².